The van der Waals surface area contributed by atoms with Crippen LogP contribution in [0.15, 0.2) is 36.5 Å². The zero-order valence-corrected chi connectivity index (χ0v) is 15.1. The van der Waals surface area contributed by atoms with Gasteiger partial charge in [-0.05, 0) is 39.0 Å². The number of anilines is 1. The molecule has 0 saturated carbocycles. The number of hydrogen-bond acceptors (Lipinski definition) is 5. The highest BCUT2D eigenvalue weighted by Gasteiger charge is 2.22. The van der Waals surface area contributed by atoms with Crippen molar-refractivity contribution in [3.63, 3.8) is 0 Å². The second-order valence-electron chi connectivity index (χ2n) is 6.08. The molecule has 0 radical (unpaired) electrons. The molecule has 0 aliphatic rings. The molecule has 0 saturated heterocycles. The average molecular weight is 352 g/mol. The first-order valence-corrected chi connectivity index (χ1v) is 8.24. The number of hydrogen-bond donors (Lipinski definition) is 1. The number of carbonyl (C=O) groups excluding carboxylic acids is 2. The number of ether oxygens (including phenoxy) is 1. The maximum atomic E-state index is 12.5. The Balaban J connectivity index is 1.75. The molecule has 7 nitrogen and oxygen atoms in total. The van der Waals surface area contributed by atoms with Gasteiger partial charge in [0.1, 0.15) is 0 Å². The molecule has 3 rings (SSSR count). The Morgan fingerprint density at radius 1 is 1.19 bits per heavy atom. The van der Waals surface area contributed by atoms with E-state index in [0.717, 1.165) is 5.69 Å². The van der Waals surface area contributed by atoms with Crippen LogP contribution >= 0.6 is 0 Å². The summed E-state index contributed by atoms with van der Waals surface area (Å²) < 4.78 is 7.04. The lowest BCUT2D eigenvalue weighted by molar-refractivity contribution is -0.123. The van der Waals surface area contributed by atoms with Gasteiger partial charge in [0.2, 0.25) is 0 Å². The number of amides is 1. The molecule has 1 unspecified atom stereocenters. The summed E-state index contributed by atoms with van der Waals surface area (Å²) in [5.74, 6) is -0.971. The summed E-state index contributed by atoms with van der Waals surface area (Å²) in [5, 5.41) is 7.72. The van der Waals surface area contributed by atoms with Crippen molar-refractivity contribution in [3.05, 3.63) is 53.5 Å². The fraction of sp³-hybridized carbons (Fsp3) is 0.263. The predicted octanol–water partition coefficient (Wildman–Crippen LogP) is 2.77. The van der Waals surface area contributed by atoms with Crippen LogP contribution in [0.4, 0.5) is 5.69 Å². The fourth-order valence-corrected chi connectivity index (χ4v) is 2.74. The zero-order valence-electron chi connectivity index (χ0n) is 15.1. The van der Waals surface area contributed by atoms with E-state index < -0.39 is 18.0 Å². The molecule has 7 heteroatoms. The van der Waals surface area contributed by atoms with E-state index in [1.54, 1.807) is 42.2 Å². The average Bonchev–Trinajstić information content (AvgIpc) is 2.87. The van der Waals surface area contributed by atoms with E-state index in [0.29, 0.717) is 27.8 Å². The van der Waals surface area contributed by atoms with Gasteiger partial charge in [0.25, 0.3) is 5.91 Å². The van der Waals surface area contributed by atoms with Gasteiger partial charge in [-0.3, -0.25) is 14.5 Å². The van der Waals surface area contributed by atoms with Gasteiger partial charge in [-0.2, -0.15) is 5.10 Å². The van der Waals surface area contributed by atoms with Gasteiger partial charge in [-0.25, -0.2) is 4.79 Å². The number of carbonyl (C=O) groups is 2. The topological polar surface area (TPSA) is 86.1 Å². The molecule has 0 aliphatic carbocycles. The number of nitrogens with zero attached hydrogens (tertiary/aromatic N) is 3. The summed E-state index contributed by atoms with van der Waals surface area (Å²) in [6.45, 7) is 5.20. The second kappa shape index (κ2) is 6.95. The SMILES string of the molecule is Cc1nn(C)c(C)c1NC(=O)C(C)OC(=O)c1cccc2ncccc12. The third kappa shape index (κ3) is 3.28. The lowest BCUT2D eigenvalue weighted by atomic mass is 10.1. The Bertz CT molecular complexity index is 988. The van der Waals surface area contributed by atoms with Crippen molar-refractivity contribution >= 4 is 28.5 Å². The molecule has 0 fully saturated rings. The van der Waals surface area contributed by atoms with E-state index in [9.17, 15) is 9.59 Å². The summed E-state index contributed by atoms with van der Waals surface area (Å²) in [6.07, 6.45) is 0.708. The molecule has 2 aromatic heterocycles. The highest BCUT2D eigenvalue weighted by atomic mass is 16.5. The normalized spacial score (nSPS) is 12.0. The Labute approximate surface area is 151 Å². The number of pyridine rings is 1. The Morgan fingerprint density at radius 3 is 2.65 bits per heavy atom. The van der Waals surface area contributed by atoms with Crippen LogP contribution in [-0.2, 0) is 16.6 Å². The molecule has 134 valence electrons. The van der Waals surface area contributed by atoms with Crippen molar-refractivity contribution in [1.82, 2.24) is 14.8 Å². The molecule has 1 amide bonds. The van der Waals surface area contributed by atoms with Crippen LogP contribution < -0.4 is 5.32 Å². The number of aryl methyl sites for hydroxylation is 2. The van der Waals surface area contributed by atoms with E-state index in [-0.39, 0.29) is 0 Å². The minimum atomic E-state index is -0.951. The fourth-order valence-electron chi connectivity index (χ4n) is 2.74. The Kier molecular flexibility index (Phi) is 4.71. The van der Waals surface area contributed by atoms with E-state index in [1.165, 1.54) is 6.92 Å². The van der Waals surface area contributed by atoms with Crippen molar-refractivity contribution in [3.8, 4) is 0 Å². The third-order valence-corrected chi connectivity index (χ3v) is 4.28. The Hall–Kier alpha value is -3.22. The molecule has 26 heavy (non-hydrogen) atoms. The third-order valence-electron chi connectivity index (χ3n) is 4.28. The highest BCUT2D eigenvalue weighted by Crippen LogP contribution is 2.20. The lowest BCUT2D eigenvalue weighted by Gasteiger charge is -2.14. The summed E-state index contributed by atoms with van der Waals surface area (Å²) in [6, 6.07) is 8.76. The number of fused-ring (bicyclic) bond motifs is 1. The largest absolute Gasteiger partial charge is 0.449 e. The number of aromatic nitrogens is 3. The molecule has 0 aliphatic heterocycles. The summed E-state index contributed by atoms with van der Waals surface area (Å²) >= 11 is 0. The van der Waals surface area contributed by atoms with Gasteiger partial charge in [-0.15, -0.1) is 0 Å². The van der Waals surface area contributed by atoms with Crippen LogP contribution in [0.5, 0.6) is 0 Å². The molecule has 0 bridgehead atoms. The Morgan fingerprint density at radius 2 is 1.96 bits per heavy atom. The maximum Gasteiger partial charge on any atom is 0.339 e. The number of benzene rings is 1. The van der Waals surface area contributed by atoms with E-state index in [4.69, 9.17) is 4.74 Å². The van der Waals surface area contributed by atoms with Crippen LogP contribution in [0.3, 0.4) is 0 Å². The minimum absolute atomic E-state index is 0.379. The maximum absolute atomic E-state index is 12.5. The molecule has 0 spiro atoms. The van der Waals surface area contributed by atoms with E-state index >= 15 is 0 Å². The lowest BCUT2D eigenvalue weighted by Crippen LogP contribution is -2.30. The van der Waals surface area contributed by atoms with Crippen LogP contribution in [0.25, 0.3) is 10.9 Å². The smallest absolute Gasteiger partial charge is 0.339 e. The molecular formula is C19H20N4O3. The first kappa shape index (κ1) is 17.6. The van der Waals surface area contributed by atoms with Gasteiger partial charge in [0.15, 0.2) is 6.10 Å². The zero-order chi connectivity index (χ0) is 18.8. The number of nitrogens with one attached hydrogen (secondary N) is 1. The standard InChI is InChI=1S/C19H20N4O3/c1-11-17(12(2)23(4)22-11)21-18(24)13(3)26-19(25)15-7-5-9-16-14(15)8-6-10-20-16/h5-10,13H,1-4H3,(H,21,24). The molecule has 1 aromatic carbocycles. The van der Waals surface area contributed by atoms with Crippen LogP contribution in [0, 0.1) is 13.8 Å². The molecule has 1 N–H and O–H groups in total. The van der Waals surface area contributed by atoms with Crippen molar-refractivity contribution in [2.24, 2.45) is 7.05 Å². The summed E-state index contributed by atoms with van der Waals surface area (Å²) in [5.41, 5.74) is 3.24. The van der Waals surface area contributed by atoms with Gasteiger partial charge < -0.3 is 10.1 Å². The molecule has 1 atom stereocenters. The van der Waals surface area contributed by atoms with Crippen molar-refractivity contribution < 1.29 is 14.3 Å². The quantitative estimate of drug-likeness (QED) is 0.730. The van der Waals surface area contributed by atoms with Crippen molar-refractivity contribution in [2.75, 3.05) is 5.32 Å². The van der Waals surface area contributed by atoms with E-state index in [1.807, 2.05) is 19.9 Å². The molecular weight excluding hydrogens is 332 g/mol. The first-order valence-electron chi connectivity index (χ1n) is 8.24. The van der Waals surface area contributed by atoms with Gasteiger partial charge in [-0.1, -0.05) is 12.1 Å². The van der Waals surface area contributed by atoms with Gasteiger partial charge in [0, 0.05) is 18.6 Å². The van der Waals surface area contributed by atoms with Crippen molar-refractivity contribution in [1.29, 1.82) is 0 Å². The van der Waals surface area contributed by atoms with Crippen molar-refractivity contribution in [2.45, 2.75) is 26.9 Å². The van der Waals surface area contributed by atoms with Gasteiger partial charge >= 0.3 is 5.97 Å². The monoisotopic (exact) mass is 352 g/mol. The van der Waals surface area contributed by atoms with Crippen LogP contribution in [0.1, 0.15) is 28.7 Å². The van der Waals surface area contributed by atoms with Crippen LogP contribution in [-0.4, -0.2) is 32.7 Å². The summed E-state index contributed by atoms with van der Waals surface area (Å²) in [7, 11) is 1.80. The predicted molar refractivity (Wildman–Crippen MR) is 97.9 cm³/mol. The second-order valence-corrected chi connectivity index (χ2v) is 6.08. The number of rotatable bonds is 4. The highest BCUT2D eigenvalue weighted by molar-refractivity contribution is 6.05. The summed E-state index contributed by atoms with van der Waals surface area (Å²) in [4.78, 5) is 29.2. The minimum Gasteiger partial charge on any atom is -0.449 e. The molecule has 3 aromatic rings. The molecule has 2 heterocycles. The van der Waals surface area contributed by atoms with E-state index in [2.05, 4.69) is 15.4 Å². The van der Waals surface area contributed by atoms with Gasteiger partial charge in [0.05, 0.1) is 28.2 Å². The van der Waals surface area contributed by atoms with Crippen LogP contribution in [0.2, 0.25) is 0 Å². The number of esters is 1. The first-order chi connectivity index (χ1) is 12.4.